The summed E-state index contributed by atoms with van der Waals surface area (Å²) in [4.78, 5) is 10.4. The molecule has 1 aliphatic heterocycles. The van der Waals surface area contributed by atoms with Gasteiger partial charge in [0, 0.05) is 13.1 Å². The first-order chi connectivity index (χ1) is 8.27. The van der Waals surface area contributed by atoms with Crippen LogP contribution in [0.4, 0.5) is 11.5 Å². The van der Waals surface area contributed by atoms with Crippen molar-refractivity contribution in [2.24, 2.45) is 0 Å². The van der Waals surface area contributed by atoms with Crippen LogP contribution >= 0.6 is 0 Å². The van der Waals surface area contributed by atoms with Gasteiger partial charge in [-0.1, -0.05) is 0 Å². The molecule has 88 valence electrons. The number of fused-ring (bicyclic) bond motifs is 1. The second-order valence-corrected chi connectivity index (χ2v) is 3.80. The average molecular weight is 234 g/mol. The Hall–Kier alpha value is -2.38. The van der Waals surface area contributed by atoms with E-state index >= 15 is 0 Å². The number of rotatable bonds is 2. The molecule has 1 aliphatic rings. The Bertz CT molecular complexity index is 572. The topological polar surface area (TPSA) is 102 Å². The number of aryl methyl sites for hydroxylation is 1. The molecule has 0 radical (unpaired) electrons. The Morgan fingerprint density at radius 2 is 2.35 bits per heavy atom. The van der Waals surface area contributed by atoms with E-state index in [9.17, 15) is 10.1 Å². The minimum absolute atomic E-state index is 0.0341. The molecule has 0 saturated heterocycles. The number of hydrogen-bond donors (Lipinski definition) is 2. The highest BCUT2D eigenvalue weighted by Crippen LogP contribution is 2.33. The second-order valence-electron chi connectivity index (χ2n) is 3.80. The Morgan fingerprint density at radius 1 is 1.47 bits per heavy atom. The van der Waals surface area contributed by atoms with Crippen LogP contribution in [0.2, 0.25) is 0 Å². The SMILES string of the molecule is O=[N+]([O-])c1cn[nH]c1-c1cnn2c1NCCC2. The molecule has 0 aromatic carbocycles. The summed E-state index contributed by atoms with van der Waals surface area (Å²) < 4.78 is 1.81. The van der Waals surface area contributed by atoms with E-state index < -0.39 is 4.92 Å². The summed E-state index contributed by atoms with van der Waals surface area (Å²) in [5.74, 6) is 0.809. The lowest BCUT2D eigenvalue weighted by Gasteiger charge is -2.16. The maximum Gasteiger partial charge on any atom is 0.314 e. The van der Waals surface area contributed by atoms with Crippen LogP contribution in [-0.2, 0) is 6.54 Å². The Labute approximate surface area is 95.8 Å². The van der Waals surface area contributed by atoms with Crippen LogP contribution in [0.15, 0.2) is 12.4 Å². The van der Waals surface area contributed by atoms with E-state index in [1.165, 1.54) is 6.20 Å². The van der Waals surface area contributed by atoms with Gasteiger partial charge in [-0.2, -0.15) is 10.2 Å². The molecule has 0 spiro atoms. The zero-order valence-electron chi connectivity index (χ0n) is 8.88. The van der Waals surface area contributed by atoms with Gasteiger partial charge in [-0.3, -0.25) is 15.2 Å². The summed E-state index contributed by atoms with van der Waals surface area (Å²) in [6.07, 6.45) is 3.83. The van der Waals surface area contributed by atoms with E-state index in [0.29, 0.717) is 11.3 Å². The molecule has 2 N–H and O–H groups in total. The van der Waals surface area contributed by atoms with Gasteiger partial charge in [0.05, 0.1) is 16.7 Å². The third kappa shape index (κ3) is 1.45. The molecule has 0 aliphatic carbocycles. The fourth-order valence-corrected chi connectivity index (χ4v) is 1.98. The van der Waals surface area contributed by atoms with Crippen molar-refractivity contribution >= 4 is 11.5 Å². The maximum absolute atomic E-state index is 10.8. The standard InChI is InChI=1S/C9H10N6O2/c16-15(17)7-5-11-13-8(7)6-4-12-14-3-1-2-10-9(6)14/h4-5,10H,1-3H2,(H,11,13). The van der Waals surface area contributed by atoms with Gasteiger partial charge in [0.2, 0.25) is 0 Å². The number of nitro groups is 1. The Morgan fingerprint density at radius 3 is 3.18 bits per heavy atom. The summed E-state index contributed by atoms with van der Waals surface area (Å²) in [7, 11) is 0. The number of aromatic nitrogens is 4. The minimum atomic E-state index is -0.453. The van der Waals surface area contributed by atoms with Gasteiger partial charge >= 0.3 is 5.69 Å². The number of hydrogen-bond acceptors (Lipinski definition) is 5. The summed E-state index contributed by atoms with van der Waals surface area (Å²) >= 11 is 0. The minimum Gasteiger partial charge on any atom is -0.370 e. The third-order valence-corrected chi connectivity index (χ3v) is 2.76. The largest absolute Gasteiger partial charge is 0.370 e. The zero-order valence-corrected chi connectivity index (χ0v) is 8.88. The quantitative estimate of drug-likeness (QED) is 0.596. The first-order valence-electron chi connectivity index (χ1n) is 5.25. The van der Waals surface area contributed by atoms with Crippen molar-refractivity contribution in [3.63, 3.8) is 0 Å². The second kappa shape index (κ2) is 3.58. The van der Waals surface area contributed by atoms with Gasteiger partial charge in [0.25, 0.3) is 0 Å². The smallest absolute Gasteiger partial charge is 0.314 e. The van der Waals surface area contributed by atoms with E-state index in [4.69, 9.17) is 0 Å². The van der Waals surface area contributed by atoms with Crippen LogP contribution in [0.5, 0.6) is 0 Å². The predicted molar refractivity (Wildman–Crippen MR) is 59.6 cm³/mol. The predicted octanol–water partition coefficient (Wildman–Crippen LogP) is 0.997. The van der Waals surface area contributed by atoms with Crippen LogP contribution in [0.1, 0.15) is 6.42 Å². The van der Waals surface area contributed by atoms with Crippen molar-refractivity contribution in [1.82, 2.24) is 20.0 Å². The van der Waals surface area contributed by atoms with Crippen LogP contribution in [-0.4, -0.2) is 31.4 Å². The van der Waals surface area contributed by atoms with E-state index in [2.05, 4.69) is 20.6 Å². The fraction of sp³-hybridized carbons (Fsp3) is 0.333. The molecule has 0 unspecified atom stereocenters. The molecule has 2 aromatic heterocycles. The summed E-state index contributed by atoms with van der Waals surface area (Å²) in [5.41, 5.74) is 1.05. The molecule has 0 amide bonds. The summed E-state index contributed by atoms with van der Waals surface area (Å²) in [5, 5.41) is 24.6. The highest BCUT2D eigenvalue weighted by molar-refractivity contribution is 5.78. The van der Waals surface area contributed by atoms with Gasteiger partial charge in [-0.25, -0.2) is 4.68 Å². The van der Waals surface area contributed by atoms with Crippen molar-refractivity contribution in [3.8, 4) is 11.3 Å². The van der Waals surface area contributed by atoms with Gasteiger partial charge in [-0.05, 0) is 6.42 Å². The van der Waals surface area contributed by atoms with Gasteiger partial charge < -0.3 is 5.32 Å². The molecule has 0 saturated carbocycles. The van der Waals surface area contributed by atoms with Crippen LogP contribution in [0, 0.1) is 10.1 Å². The lowest BCUT2D eigenvalue weighted by Crippen LogP contribution is -2.17. The first-order valence-corrected chi connectivity index (χ1v) is 5.25. The van der Waals surface area contributed by atoms with E-state index in [1.807, 2.05) is 4.68 Å². The molecular formula is C9H10N6O2. The number of anilines is 1. The molecule has 2 aromatic rings. The van der Waals surface area contributed by atoms with Crippen molar-refractivity contribution < 1.29 is 4.92 Å². The lowest BCUT2D eigenvalue weighted by atomic mass is 10.2. The Balaban J connectivity index is 2.12. The van der Waals surface area contributed by atoms with Crippen molar-refractivity contribution in [2.45, 2.75) is 13.0 Å². The number of H-pyrrole nitrogens is 1. The number of nitrogens with zero attached hydrogens (tertiary/aromatic N) is 4. The van der Waals surface area contributed by atoms with Gasteiger partial charge in [0.1, 0.15) is 17.7 Å². The van der Waals surface area contributed by atoms with E-state index in [1.54, 1.807) is 6.20 Å². The molecular weight excluding hydrogens is 224 g/mol. The summed E-state index contributed by atoms with van der Waals surface area (Å²) in [6.45, 7) is 1.67. The zero-order chi connectivity index (χ0) is 11.8. The normalized spacial score (nSPS) is 14.1. The molecule has 3 heterocycles. The lowest BCUT2D eigenvalue weighted by molar-refractivity contribution is -0.384. The van der Waals surface area contributed by atoms with Gasteiger partial charge in [-0.15, -0.1) is 0 Å². The summed E-state index contributed by atoms with van der Waals surface area (Å²) in [6, 6.07) is 0. The van der Waals surface area contributed by atoms with Crippen LogP contribution < -0.4 is 5.32 Å². The Kier molecular flexibility index (Phi) is 2.07. The van der Waals surface area contributed by atoms with Gasteiger partial charge in [0.15, 0.2) is 0 Å². The fourth-order valence-electron chi connectivity index (χ4n) is 1.98. The van der Waals surface area contributed by atoms with E-state index in [0.717, 1.165) is 25.3 Å². The number of nitrogens with one attached hydrogen (secondary N) is 2. The molecule has 0 bridgehead atoms. The highest BCUT2D eigenvalue weighted by Gasteiger charge is 2.24. The van der Waals surface area contributed by atoms with Crippen molar-refractivity contribution in [3.05, 3.63) is 22.5 Å². The molecule has 0 fully saturated rings. The monoisotopic (exact) mass is 234 g/mol. The molecule has 17 heavy (non-hydrogen) atoms. The number of aromatic amines is 1. The van der Waals surface area contributed by atoms with Crippen LogP contribution in [0.3, 0.4) is 0 Å². The first kappa shape index (κ1) is 9.82. The van der Waals surface area contributed by atoms with Crippen molar-refractivity contribution in [1.29, 1.82) is 0 Å². The highest BCUT2D eigenvalue weighted by atomic mass is 16.6. The molecule has 3 rings (SSSR count). The third-order valence-electron chi connectivity index (χ3n) is 2.76. The average Bonchev–Trinajstić information content (AvgIpc) is 2.94. The molecule has 0 atom stereocenters. The van der Waals surface area contributed by atoms with Crippen LogP contribution in [0.25, 0.3) is 11.3 Å². The maximum atomic E-state index is 10.8. The molecule has 8 nitrogen and oxygen atoms in total. The molecule has 8 heteroatoms. The van der Waals surface area contributed by atoms with Crippen molar-refractivity contribution in [2.75, 3.05) is 11.9 Å². The van der Waals surface area contributed by atoms with E-state index in [-0.39, 0.29) is 5.69 Å².